The van der Waals surface area contributed by atoms with Crippen molar-refractivity contribution in [1.82, 2.24) is 10.6 Å². The molecule has 0 aliphatic carbocycles. The maximum Gasteiger partial charge on any atom is 0.191 e. The second kappa shape index (κ2) is 12.8. The first kappa shape index (κ1) is 23.6. The molecule has 1 aromatic carbocycles. The van der Waals surface area contributed by atoms with Crippen molar-refractivity contribution in [3.63, 3.8) is 0 Å². The third kappa shape index (κ3) is 7.96. The van der Waals surface area contributed by atoms with E-state index in [4.69, 9.17) is 9.47 Å². The monoisotopic (exact) mass is 503 g/mol. The molecular weight excluding hydrogens is 473 g/mol. The van der Waals surface area contributed by atoms with Crippen molar-refractivity contribution >= 4 is 41.3 Å². The molecule has 0 aliphatic heterocycles. The number of halogens is 1. The molecule has 0 fully saturated rings. The Balaban J connectivity index is 0.00000364. The molecule has 0 saturated heterocycles. The molecule has 1 unspecified atom stereocenters. The van der Waals surface area contributed by atoms with E-state index in [1.807, 2.05) is 36.5 Å². The molecule has 1 atom stereocenters. The van der Waals surface area contributed by atoms with Crippen molar-refractivity contribution in [3.05, 3.63) is 46.2 Å². The van der Waals surface area contributed by atoms with Gasteiger partial charge in [-0.1, -0.05) is 19.1 Å². The van der Waals surface area contributed by atoms with Crippen LogP contribution < -0.4 is 20.1 Å². The lowest BCUT2D eigenvalue weighted by molar-refractivity contribution is 0.310. The van der Waals surface area contributed by atoms with E-state index in [1.54, 1.807) is 14.2 Å². The van der Waals surface area contributed by atoms with Crippen molar-refractivity contribution in [2.75, 3.05) is 27.3 Å². The minimum atomic E-state index is 0. The van der Waals surface area contributed by atoms with Gasteiger partial charge in [0.05, 0.1) is 13.7 Å². The number of methoxy groups -OCH3 is 1. The molecule has 0 radical (unpaired) electrons. The lowest BCUT2D eigenvalue weighted by Crippen LogP contribution is -2.39. The van der Waals surface area contributed by atoms with Gasteiger partial charge >= 0.3 is 0 Å². The third-order valence-corrected chi connectivity index (χ3v) is 4.86. The zero-order valence-corrected chi connectivity index (χ0v) is 19.6. The normalized spacial score (nSPS) is 12.1. The second-order valence-electron chi connectivity index (χ2n) is 6.11. The smallest absolute Gasteiger partial charge is 0.191 e. The number of nitrogens with zero attached hydrogens (tertiary/aromatic N) is 1. The summed E-state index contributed by atoms with van der Waals surface area (Å²) in [6, 6.07) is 10.3. The van der Waals surface area contributed by atoms with Crippen LogP contribution in [0.4, 0.5) is 0 Å². The van der Waals surface area contributed by atoms with Crippen molar-refractivity contribution in [1.29, 1.82) is 0 Å². The standard InChI is InChI=1S/C20H29N3O2S.HI/c1-5-25-18-9-8-16(12-19(18)24-4)14-23-20(21-3)22-13-15(2)11-17-7-6-10-26-17;/h6-10,12,15H,5,11,13-14H2,1-4H3,(H2,21,22,23);1H. The maximum atomic E-state index is 5.56. The van der Waals surface area contributed by atoms with E-state index in [0.717, 1.165) is 36.0 Å². The summed E-state index contributed by atoms with van der Waals surface area (Å²) < 4.78 is 11.0. The summed E-state index contributed by atoms with van der Waals surface area (Å²) in [5.41, 5.74) is 1.11. The fourth-order valence-electron chi connectivity index (χ4n) is 2.62. The molecule has 1 heterocycles. The van der Waals surface area contributed by atoms with Gasteiger partial charge in [-0.15, -0.1) is 35.3 Å². The third-order valence-electron chi connectivity index (χ3n) is 3.96. The molecule has 2 N–H and O–H groups in total. The van der Waals surface area contributed by atoms with Gasteiger partial charge in [-0.25, -0.2) is 0 Å². The summed E-state index contributed by atoms with van der Waals surface area (Å²) in [5, 5.41) is 8.87. The number of benzene rings is 1. The molecule has 5 nitrogen and oxygen atoms in total. The molecule has 27 heavy (non-hydrogen) atoms. The number of hydrogen-bond acceptors (Lipinski definition) is 4. The topological polar surface area (TPSA) is 54.9 Å². The highest BCUT2D eigenvalue weighted by Crippen LogP contribution is 2.27. The first-order chi connectivity index (χ1) is 12.7. The molecule has 0 amide bonds. The molecule has 0 saturated carbocycles. The van der Waals surface area contributed by atoms with Crippen molar-refractivity contribution < 1.29 is 9.47 Å². The minimum absolute atomic E-state index is 0. The molecule has 150 valence electrons. The summed E-state index contributed by atoms with van der Waals surface area (Å²) in [4.78, 5) is 5.72. The molecular formula is C20H30IN3O2S. The van der Waals surface area contributed by atoms with Crippen molar-refractivity contribution in [3.8, 4) is 11.5 Å². The fourth-order valence-corrected chi connectivity index (χ4v) is 3.49. The van der Waals surface area contributed by atoms with Crippen LogP contribution in [0.15, 0.2) is 40.7 Å². The first-order valence-electron chi connectivity index (χ1n) is 8.92. The van der Waals surface area contributed by atoms with E-state index in [-0.39, 0.29) is 24.0 Å². The largest absolute Gasteiger partial charge is 0.493 e. The quantitative estimate of drug-likeness (QED) is 0.304. The van der Waals surface area contributed by atoms with E-state index in [0.29, 0.717) is 19.1 Å². The van der Waals surface area contributed by atoms with Crippen LogP contribution in [0.2, 0.25) is 0 Å². The number of hydrogen-bond donors (Lipinski definition) is 2. The molecule has 0 aliphatic rings. The van der Waals surface area contributed by atoms with Crippen LogP contribution >= 0.6 is 35.3 Å². The average Bonchev–Trinajstić information content (AvgIpc) is 3.16. The number of aliphatic imine (C=N–C) groups is 1. The number of nitrogens with one attached hydrogen (secondary N) is 2. The minimum Gasteiger partial charge on any atom is -0.493 e. The Bertz CT molecular complexity index is 693. The molecule has 7 heteroatoms. The van der Waals surface area contributed by atoms with Crippen LogP contribution in [-0.2, 0) is 13.0 Å². The van der Waals surface area contributed by atoms with Gasteiger partial charge < -0.3 is 20.1 Å². The van der Waals surface area contributed by atoms with Gasteiger partial charge in [0.2, 0.25) is 0 Å². The Morgan fingerprint density at radius 2 is 2.04 bits per heavy atom. The van der Waals surface area contributed by atoms with Gasteiger partial charge in [0.25, 0.3) is 0 Å². The summed E-state index contributed by atoms with van der Waals surface area (Å²) in [5.74, 6) is 2.86. The van der Waals surface area contributed by atoms with Crippen LogP contribution in [0.1, 0.15) is 24.3 Å². The van der Waals surface area contributed by atoms with Gasteiger partial charge in [0, 0.05) is 25.0 Å². The highest BCUT2D eigenvalue weighted by Gasteiger charge is 2.08. The Morgan fingerprint density at radius 1 is 1.22 bits per heavy atom. The van der Waals surface area contributed by atoms with Crippen LogP contribution in [0.3, 0.4) is 0 Å². The molecule has 2 rings (SSSR count). The number of ether oxygens (including phenoxy) is 2. The van der Waals surface area contributed by atoms with Gasteiger partial charge in [-0.3, -0.25) is 4.99 Å². The SMILES string of the molecule is CCOc1ccc(CNC(=NC)NCC(C)Cc2cccs2)cc1OC.I. The maximum absolute atomic E-state index is 5.56. The van der Waals surface area contributed by atoms with E-state index in [2.05, 4.69) is 40.1 Å². The predicted octanol–water partition coefficient (Wildman–Crippen LogP) is 4.32. The van der Waals surface area contributed by atoms with E-state index >= 15 is 0 Å². The Morgan fingerprint density at radius 3 is 2.67 bits per heavy atom. The fraction of sp³-hybridized carbons (Fsp3) is 0.450. The zero-order chi connectivity index (χ0) is 18.8. The summed E-state index contributed by atoms with van der Waals surface area (Å²) in [7, 11) is 3.45. The van der Waals surface area contributed by atoms with Crippen LogP contribution in [0, 0.1) is 5.92 Å². The van der Waals surface area contributed by atoms with Crippen LogP contribution in [-0.4, -0.2) is 33.3 Å². The second-order valence-corrected chi connectivity index (χ2v) is 7.15. The van der Waals surface area contributed by atoms with Gasteiger partial charge in [0.1, 0.15) is 0 Å². The van der Waals surface area contributed by atoms with Gasteiger partial charge in [0.15, 0.2) is 17.5 Å². The summed E-state index contributed by atoms with van der Waals surface area (Å²) >= 11 is 1.81. The Kier molecular flexibility index (Phi) is 11.2. The highest BCUT2D eigenvalue weighted by atomic mass is 127. The Labute approximate surface area is 183 Å². The van der Waals surface area contributed by atoms with E-state index in [1.165, 1.54) is 4.88 Å². The number of guanidine groups is 1. The lowest BCUT2D eigenvalue weighted by Gasteiger charge is -2.16. The molecule has 0 spiro atoms. The van der Waals surface area contributed by atoms with Crippen LogP contribution in [0.25, 0.3) is 0 Å². The zero-order valence-electron chi connectivity index (χ0n) is 16.5. The molecule has 0 bridgehead atoms. The first-order valence-corrected chi connectivity index (χ1v) is 9.80. The van der Waals surface area contributed by atoms with Crippen LogP contribution in [0.5, 0.6) is 11.5 Å². The van der Waals surface area contributed by atoms with Gasteiger partial charge in [-0.2, -0.15) is 0 Å². The van der Waals surface area contributed by atoms with Gasteiger partial charge in [-0.05, 0) is 48.4 Å². The molecule has 2 aromatic rings. The lowest BCUT2D eigenvalue weighted by atomic mass is 10.1. The number of rotatable bonds is 9. The number of thiophene rings is 1. The predicted molar refractivity (Wildman–Crippen MR) is 125 cm³/mol. The van der Waals surface area contributed by atoms with Crippen molar-refractivity contribution in [2.24, 2.45) is 10.9 Å². The average molecular weight is 503 g/mol. The van der Waals surface area contributed by atoms with E-state index < -0.39 is 0 Å². The summed E-state index contributed by atoms with van der Waals surface area (Å²) in [6.07, 6.45) is 1.08. The highest BCUT2D eigenvalue weighted by molar-refractivity contribution is 14.0. The van der Waals surface area contributed by atoms with E-state index in [9.17, 15) is 0 Å². The summed E-state index contributed by atoms with van der Waals surface area (Å²) in [6.45, 7) is 6.38. The molecule has 1 aromatic heterocycles. The van der Waals surface area contributed by atoms with Crippen molar-refractivity contribution in [2.45, 2.75) is 26.8 Å². The Hall–Kier alpha value is -1.48.